The summed E-state index contributed by atoms with van der Waals surface area (Å²) in [5.41, 5.74) is 1.79. The van der Waals surface area contributed by atoms with Crippen molar-refractivity contribution in [1.82, 2.24) is 5.32 Å². The second kappa shape index (κ2) is 9.28. The molecular formula is C23H19NO4. The molecule has 28 heavy (non-hydrogen) atoms. The normalized spacial score (nSPS) is 10.1. The summed E-state index contributed by atoms with van der Waals surface area (Å²) >= 11 is 0. The lowest BCUT2D eigenvalue weighted by Crippen LogP contribution is -2.28. The molecule has 0 aliphatic carbocycles. The van der Waals surface area contributed by atoms with E-state index in [1.807, 2.05) is 36.4 Å². The van der Waals surface area contributed by atoms with Gasteiger partial charge in [-0.1, -0.05) is 78.9 Å². The first-order chi connectivity index (χ1) is 13.6. The first kappa shape index (κ1) is 19.0. The minimum Gasteiger partial charge on any atom is -0.452 e. The first-order valence-electron chi connectivity index (χ1n) is 8.81. The number of ether oxygens (including phenoxy) is 1. The summed E-state index contributed by atoms with van der Waals surface area (Å²) in [4.78, 5) is 37.0. The molecule has 1 N–H and O–H groups in total. The summed E-state index contributed by atoms with van der Waals surface area (Å²) in [5, 5.41) is 2.69. The Morgan fingerprint density at radius 2 is 1.29 bits per heavy atom. The van der Waals surface area contributed by atoms with Gasteiger partial charge in [0, 0.05) is 17.7 Å². The molecule has 3 aromatic carbocycles. The number of hydrogen-bond acceptors (Lipinski definition) is 4. The third kappa shape index (κ3) is 4.92. The molecule has 3 aromatic rings. The summed E-state index contributed by atoms with van der Waals surface area (Å²) in [7, 11) is 0. The van der Waals surface area contributed by atoms with Crippen molar-refractivity contribution >= 4 is 17.7 Å². The largest absolute Gasteiger partial charge is 0.452 e. The summed E-state index contributed by atoms with van der Waals surface area (Å²) in [6.07, 6.45) is 0. The van der Waals surface area contributed by atoms with Crippen LogP contribution in [0.4, 0.5) is 0 Å². The van der Waals surface area contributed by atoms with E-state index in [-0.39, 0.29) is 16.9 Å². The lowest BCUT2D eigenvalue weighted by molar-refractivity contribution is -0.124. The highest BCUT2D eigenvalue weighted by atomic mass is 16.5. The molecule has 3 rings (SSSR count). The van der Waals surface area contributed by atoms with Gasteiger partial charge in [0.25, 0.3) is 5.91 Å². The molecule has 0 radical (unpaired) electrons. The van der Waals surface area contributed by atoms with Gasteiger partial charge in [0.1, 0.15) is 0 Å². The smallest absolute Gasteiger partial charge is 0.339 e. The van der Waals surface area contributed by atoms with E-state index >= 15 is 0 Å². The summed E-state index contributed by atoms with van der Waals surface area (Å²) in [5.74, 6) is -1.40. The van der Waals surface area contributed by atoms with Crippen molar-refractivity contribution in [1.29, 1.82) is 0 Å². The van der Waals surface area contributed by atoms with Gasteiger partial charge in [-0.2, -0.15) is 0 Å². The van der Waals surface area contributed by atoms with Crippen LogP contribution in [0.3, 0.4) is 0 Å². The Morgan fingerprint density at radius 1 is 0.714 bits per heavy atom. The standard InChI is InChI=1S/C23H19NO4/c25-21(24-15-17-9-3-1-4-10-17)16-28-23(27)20-14-8-7-13-19(20)22(26)18-11-5-2-6-12-18/h1-14H,15-16H2,(H,24,25). The van der Waals surface area contributed by atoms with E-state index in [9.17, 15) is 14.4 Å². The topological polar surface area (TPSA) is 72.5 Å². The van der Waals surface area contributed by atoms with Crippen LogP contribution in [-0.2, 0) is 16.1 Å². The second-order valence-electron chi connectivity index (χ2n) is 6.08. The van der Waals surface area contributed by atoms with Crippen LogP contribution in [0, 0.1) is 0 Å². The fraction of sp³-hybridized carbons (Fsp3) is 0.0870. The van der Waals surface area contributed by atoms with Crippen LogP contribution < -0.4 is 5.32 Å². The van der Waals surface area contributed by atoms with Crippen LogP contribution >= 0.6 is 0 Å². The molecule has 0 aromatic heterocycles. The number of hydrogen-bond donors (Lipinski definition) is 1. The van der Waals surface area contributed by atoms with Gasteiger partial charge < -0.3 is 10.1 Å². The fourth-order valence-corrected chi connectivity index (χ4v) is 2.66. The molecule has 0 unspecified atom stereocenters. The lowest BCUT2D eigenvalue weighted by Gasteiger charge is -2.10. The summed E-state index contributed by atoms with van der Waals surface area (Å²) in [6.45, 7) is -0.0696. The molecule has 0 atom stereocenters. The number of esters is 1. The number of nitrogens with one attached hydrogen (secondary N) is 1. The Kier molecular flexibility index (Phi) is 6.31. The van der Waals surface area contributed by atoms with Crippen LogP contribution in [0.25, 0.3) is 0 Å². The number of carbonyl (C=O) groups excluding carboxylic acids is 3. The maximum Gasteiger partial charge on any atom is 0.339 e. The maximum atomic E-state index is 12.7. The monoisotopic (exact) mass is 373 g/mol. The van der Waals surface area contributed by atoms with Crippen molar-refractivity contribution in [2.45, 2.75) is 6.54 Å². The molecule has 0 bridgehead atoms. The Balaban J connectivity index is 1.62. The first-order valence-corrected chi connectivity index (χ1v) is 8.81. The molecule has 0 aliphatic heterocycles. The van der Waals surface area contributed by atoms with E-state index in [2.05, 4.69) is 5.32 Å². The van der Waals surface area contributed by atoms with Gasteiger partial charge in [-0.05, 0) is 11.6 Å². The zero-order valence-electron chi connectivity index (χ0n) is 15.1. The van der Waals surface area contributed by atoms with E-state index in [1.165, 1.54) is 6.07 Å². The third-order valence-corrected chi connectivity index (χ3v) is 4.09. The number of benzene rings is 3. The number of ketones is 1. The molecule has 0 spiro atoms. The molecule has 5 heteroatoms. The molecule has 140 valence electrons. The number of carbonyl (C=O) groups is 3. The summed E-state index contributed by atoms with van der Waals surface area (Å²) in [6, 6.07) is 24.5. The van der Waals surface area contributed by atoms with Crippen molar-refractivity contribution in [2.24, 2.45) is 0 Å². The van der Waals surface area contributed by atoms with E-state index in [4.69, 9.17) is 4.74 Å². The molecular weight excluding hydrogens is 354 g/mol. The van der Waals surface area contributed by atoms with Gasteiger partial charge in [-0.25, -0.2) is 4.79 Å². The molecule has 0 fully saturated rings. The molecule has 0 aliphatic rings. The highest BCUT2D eigenvalue weighted by Crippen LogP contribution is 2.15. The van der Waals surface area contributed by atoms with Gasteiger partial charge >= 0.3 is 5.97 Å². The quantitative estimate of drug-likeness (QED) is 0.509. The fourth-order valence-electron chi connectivity index (χ4n) is 2.66. The molecule has 0 saturated carbocycles. The zero-order valence-corrected chi connectivity index (χ0v) is 15.1. The van der Waals surface area contributed by atoms with Gasteiger partial charge in [0.05, 0.1) is 5.56 Å². The van der Waals surface area contributed by atoms with Gasteiger partial charge in [0.15, 0.2) is 12.4 Å². The van der Waals surface area contributed by atoms with Gasteiger partial charge in [0.2, 0.25) is 0 Å². The molecule has 0 saturated heterocycles. The average Bonchev–Trinajstić information content (AvgIpc) is 2.77. The Morgan fingerprint density at radius 3 is 1.96 bits per heavy atom. The van der Waals surface area contributed by atoms with Crippen molar-refractivity contribution in [2.75, 3.05) is 6.61 Å². The number of amides is 1. The third-order valence-electron chi connectivity index (χ3n) is 4.09. The van der Waals surface area contributed by atoms with Crippen LogP contribution in [0.15, 0.2) is 84.9 Å². The van der Waals surface area contributed by atoms with E-state index in [1.54, 1.807) is 42.5 Å². The van der Waals surface area contributed by atoms with Crippen molar-refractivity contribution in [3.63, 3.8) is 0 Å². The van der Waals surface area contributed by atoms with Crippen LogP contribution in [-0.4, -0.2) is 24.3 Å². The number of rotatable bonds is 7. The minimum atomic E-state index is -0.713. The SMILES string of the molecule is O=C(COC(=O)c1ccccc1C(=O)c1ccccc1)NCc1ccccc1. The lowest BCUT2D eigenvalue weighted by atomic mass is 9.98. The van der Waals surface area contributed by atoms with E-state index in [0.717, 1.165) is 5.56 Å². The average molecular weight is 373 g/mol. The van der Waals surface area contributed by atoms with Crippen LogP contribution in [0.5, 0.6) is 0 Å². The Labute approximate surface area is 163 Å². The van der Waals surface area contributed by atoms with Crippen molar-refractivity contribution in [3.05, 3.63) is 107 Å². The van der Waals surface area contributed by atoms with Crippen molar-refractivity contribution < 1.29 is 19.1 Å². The predicted molar refractivity (Wildman–Crippen MR) is 105 cm³/mol. The zero-order chi connectivity index (χ0) is 19.8. The van der Waals surface area contributed by atoms with Crippen LogP contribution in [0.1, 0.15) is 31.8 Å². The second-order valence-corrected chi connectivity index (χ2v) is 6.08. The molecule has 1 amide bonds. The molecule has 5 nitrogen and oxygen atoms in total. The highest BCUT2D eigenvalue weighted by molar-refractivity contribution is 6.14. The summed E-state index contributed by atoms with van der Waals surface area (Å²) < 4.78 is 5.10. The Bertz CT molecular complexity index is 968. The highest BCUT2D eigenvalue weighted by Gasteiger charge is 2.19. The van der Waals surface area contributed by atoms with Crippen molar-refractivity contribution in [3.8, 4) is 0 Å². The van der Waals surface area contributed by atoms with E-state index < -0.39 is 18.5 Å². The van der Waals surface area contributed by atoms with E-state index in [0.29, 0.717) is 12.1 Å². The maximum absolute atomic E-state index is 12.7. The van der Waals surface area contributed by atoms with Gasteiger partial charge in [-0.15, -0.1) is 0 Å². The molecule has 0 heterocycles. The Hall–Kier alpha value is -3.73. The predicted octanol–water partition coefficient (Wildman–Crippen LogP) is 3.39. The van der Waals surface area contributed by atoms with Crippen LogP contribution in [0.2, 0.25) is 0 Å². The van der Waals surface area contributed by atoms with Gasteiger partial charge in [-0.3, -0.25) is 9.59 Å². The minimum absolute atomic E-state index is 0.132.